The number of hydrogen-bond donors (Lipinski definition) is 0. The van der Waals surface area contributed by atoms with Gasteiger partial charge in [0.15, 0.2) is 5.76 Å². The first-order valence-electron chi connectivity index (χ1n) is 10.6. The summed E-state index contributed by atoms with van der Waals surface area (Å²) < 4.78 is 23.0. The quantitative estimate of drug-likeness (QED) is 0.522. The number of cyclic esters (lactones) is 1. The van der Waals surface area contributed by atoms with E-state index < -0.39 is 23.3 Å². The van der Waals surface area contributed by atoms with Gasteiger partial charge < -0.3 is 18.9 Å². The Morgan fingerprint density at radius 1 is 1.24 bits per heavy atom. The molecule has 0 aromatic rings. The second kappa shape index (κ2) is 6.34. The molecular formula is C23H32O6. The molecule has 0 unspecified atom stereocenters. The maximum Gasteiger partial charge on any atom is 0.340 e. The first-order chi connectivity index (χ1) is 13.6. The molecule has 2 heterocycles. The van der Waals surface area contributed by atoms with E-state index in [1.54, 1.807) is 0 Å². The van der Waals surface area contributed by atoms with E-state index in [1.807, 2.05) is 0 Å². The summed E-state index contributed by atoms with van der Waals surface area (Å²) in [5, 5.41) is 0. The predicted molar refractivity (Wildman–Crippen MR) is 106 cm³/mol. The third-order valence-corrected chi connectivity index (χ3v) is 8.65. The fraction of sp³-hybridized carbons (Fsp3) is 0.739. The molecule has 160 valence electrons. The lowest BCUT2D eigenvalue weighted by molar-refractivity contribution is -0.265. The molecule has 29 heavy (non-hydrogen) atoms. The first-order valence-corrected chi connectivity index (χ1v) is 10.6. The predicted octanol–water partition coefficient (Wildman–Crippen LogP) is 4.04. The average molecular weight is 405 g/mol. The van der Waals surface area contributed by atoms with Crippen molar-refractivity contribution in [2.75, 3.05) is 14.2 Å². The summed E-state index contributed by atoms with van der Waals surface area (Å²) in [4.78, 5) is 25.0. The van der Waals surface area contributed by atoms with Crippen LogP contribution in [0.5, 0.6) is 0 Å². The van der Waals surface area contributed by atoms with Gasteiger partial charge in [-0.25, -0.2) is 4.79 Å². The van der Waals surface area contributed by atoms with Gasteiger partial charge in [0.2, 0.25) is 0 Å². The van der Waals surface area contributed by atoms with Crippen molar-refractivity contribution in [2.24, 2.45) is 16.7 Å². The lowest BCUT2D eigenvalue weighted by atomic mass is 9.42. The zero-order chi connectivity index (χ0) is 21.2. The topological polar surface area (TPSA) is 71.1 Å². The fourth-order valence-electron chi connectivity index (χ4n) is 6.50. The molecule has 2 fully saturated rings. The van der Waals surface area contributed by atoms with Gasteiger partial charge in [0.25, 0.3) is 5.79 Å². The molecule has 2 saturated carbocycles. The summed E-state index contributed by atoms with van der Waals surface area (Å²) in [6.07, 6.45) is 5.24. The van der Waals surface area contributed by atoms with Gasteiger partial charge in [0, 0.05) is 17.9 Å². The van der Waals surface area contributed by atoms with Gasteiger partial charge in [0.1, 0.15) is 12.0 Å². The van der Waals surface area contributed by atoms with Gasteiger partial charge in [0.05, 0.1) is 12.7 Å². The number of rotatable bonds is 3. The van der Waals surface area contributed by atoms with Crippen molar-refractivity contribution in [1.29, 1.82) is 0 Å². The summed E-state index contributed by atoms with van der Waals surface area (Å²) >= 11 is 0. The molecule has 0 radical (unpaired) electrons. The van der Waals surface area contributed by atoms with E-state index in [0.717, 1.165) is 32.1 Å². The Kier molecular flexibility index (Phi) is 4.47. The Hall–Kier alpha value is -1.82. The van der Waals surface area contributed by atoms with Crippen LogP contribution in [0.4, 0.5) is 0 Å². The molecule has 0 bridgehead atoms. The highest BCUT2D eigenvalue weighted by molar-refractivity contribution is 5.93. The molecule has 0 amide bonds. The fourth-order valence-corrected chi connectivity index (χ4v) is 6.50. The molecule has 6 heteroatoms. The van der Waals surface area contributed by atoms with E-state index in [1.165, 1.54) is 19.8 Å². The smallest absolute Gasteiger partial charge is 0.340 e. The molecule has 0 aromatic heterocycles. The first kappa shape index (κ1) is 20.5. The summed E-state index contributed by atoms with van der Waals surface area (Å²) in [6.45, 7) is 11.2. The highest BCUT2D eigenvalue weighted by Gasteiger charge is 2.71. The Morgan fingerprint density at radius 2 is 1.97 bits per heavy atom. The van der Waals surface area contributed by atoms with Crippen molar-refractivity contribution in [1.82, 2.24) is 0 Å². The largest absolute Gasteiger partial charge is 0.483 e. The number of carbonyl (C=O) groups excluding carboxylic acids is 2. The number of methoxy groups -OCH3 is 2. The molecule has 5 atom stereocenters. The Morgan fingerprint density at radius 3 is 2.62 bits per heavy atom. The SMILES string of the molecule is C=C1CCC[C@@]23OC4=C(C[C@]2(C)[C@@H](C)CC[C@]13C)C(=O)O[C@@]4(CC(=O)OC)OC. The molecular weight excluding hydrogens is 372 g/mol. The normalized spacial score (nSPS) is 43.7. The number of hydrogen-bond acceptors (Lipinski definition) is 6. The van der Waals surface area contributed by atoms with Crippen LogP contribution >= 0.6 is 0 Å². The summed E-state index contributed by atoms with van der Waals surface area (Å²) in [5.74, 6) is -1.80. The van der Waals surface area contributed by atoms with Gasteiger partial charge in [-0.05, 0) is 44.4 Å². The van der Waals surface area contributed by atoms with E-state index in [9.17, 15) is 9.59 Å². The van der Waals surface area contributed by atoms with Crippen molar-refractivity contribution >= 4 is 11.9 Å². The van der Waals surface area contributed by atoms with Gasteiger partial charge >= 0.3 is 11.9 Å². The Balaban J connectivity index is 1.89. The van der Waals surface area contributed by atoms with Gasteiger partial charge in [-0.15, -0.1) is 0 Å². The van der Waals surface area contributed by atoms with E-state index >= 15 is 0 Å². The average Bonchev–Trinajstić information content (AvgIpc) is 2.94. The van der Waals surface area contributed by atoms with Crippen LogP contribution < -0.4 is 0 Å². The van der Waals surface area contributed by atoms with Crippen LogP contribution in [0, 0.1) is 16.7 Å². The molecule has 0 N–H and O–H groups in total. The molecule has 4 aliphatic rings. The van der Waals surface area contributed by atoms with Crippen LogP contribution in [0.3, 0.4) is 0 Å². The highest BCUT2D eigenvalue weighted by atomic mass is 16.7. The zero-order valence-electron chi connectivity index (χ0n) is 18.2. The van der Waals surface area contributed by atoms with Crippen LogP contribution in [0.25, 0.3) is 0 Å². The summed E-state index contributed by atoms with van der Waals surface area (Å²) in [5.41, 5.74) is 0.751. The standard InChI is InChI=1S/C23H32O6/c1-14-8-7-10-23-20(14,3)11-9-15(2)21(23,4)12-16-18(28-23)22(27-6,29-19(16)25)13-17(24)26-5/h15H,1,7-13H2,2-6H3/t15-,20+,21+,22+,23-/m0/s1. The van der Waals surface area contributed by atoms with Crippen LogP contribution in [-0.4, -0.2) is 37.5 Å². The minimum Gasteiger partial charge on any atom is -0.483 e. The Bertz CT molecular complexity index is 814. The van der Waals surface area contributed by atoms with Crippen molar-refractivity contribution < 1.29 is 28.5 Å². The van der Waals surface area contributed by atoms with Gasteiger partial charge in [-0.1, -0.05) is 32.9 Å². The monoisotopic (exact) mass is 404 g/mol. The lowest BCUT2D eigenvalue weighted by Crippen LogP contribution is -2.68. The molecule has 6 nitrogen and oxygen atoms in total. The molecule has 1 spiro atoms. The Labute approximate surface area is 172 Å². The molecule has 2 aliphatic carbocycles. The second-order valence-corrected chi connectivity index (χ2v) is 9.66. The molecule has 0 aromatic carbocycles. The van der Waals surface area contributed by atoms with Crippen molar-refractivity contribution in [3.05, 3.63) is 23.5 Å². The molecule has 0 saturated heterocycles. The molecule has 4 rings (SSSR count). The van der Waals surface area contributed by atoms with E-state index in [-0.39, 0.29) is 17.3 Å². The van der Waals surface area contributed by atoms with E-state index in [4.69, 9.17) is 18.9 Å². The number of carbonyl (C=O) groups is 2. The van der Waals surface area contributed by atoms with Crippen LogP contribution in [0.15, 0.2) is 23.5 Å². The third kappa shape index (κ3) is 2.38. The van der Waals surface area contributed by atoms with Crippen molar-refractivity contribution in [3.8, 4) is 0 Å². The lowest BCUT2D eigenvalue weighted by Gasteiger charge is -2.67. The van der Waals surface area contributed by atoms with Crippen LogP contribution in [0.2, 0.25) is 0 Å². The molecule has 2 aliphatic heterocycles. The number of ether oxygens (including phenoxy) is 4. The third-order valence-electron chi connectivity index (χ3n) is 8.65. The van der Waals surface area contributed by atoms with Crippen LogP contribution in [-0.2, 0) is 28.5 Å². The minimum absolute atomic E-state index is 0.207. The van der Waals surface area contributed by atoms with E-state index in [0.29, 0.717) is 23.7 Å². The van der Waals surface area contributed by atoms with Gasteiger partial charge in [-0.2, -0.15) is 0 Å². The second-order valence-electron chi connectivity index (χ2n) is 9.66. The van der Waals surface area contributed by atoms with E-state index in [2.05, 4.69) is 27.4 Å². The van der Waals surface area contributed by atoms with Gasteiger partial charge in [-0.3, -0.25) is 4.79 Å². The highest BCUT2D eigenvalue weighted by Crippen LogP contribution is 2.70. The maximum absolute atomic E-state index is 12.9. The number of esters is 2. The minimum atomic E-state index is -1.56. The van der Waals surface area contributed by atoms with Crippen LogP contribution in [0.1, 0.15) is 65.7 Å². The zero-order valence-corrected chi connectivity index (χ0v) is 18.2. The van der Waals surface area contributed by atoms with Crippen molar-refractivity contribution in [2.45, 2.75) is 77.1 Å². The summed E-state index contributed by atoms with van der Waals surface area (Å²) in [6, 6.07) is 0. The van der Waals surface area contributed by atoms with Crippen molar-refractivity contribution in [3.63, 3.8) is 0 Å². The maximum atomic E-state index is 12.9. The summed E-state index contributed by atoms with van der Waals surface area (Å²) in [7, 11) is 2.74.